The van der Waals surface area contributed by atoms with E-state index in [9.17, 15) is 5.11 Å². The summed E-state index contributed by atoms with van der Waals surface area (Å²) in [5.74, 6) is 0.852. The Bertz CT molecular complexity index is 182. The van der Waals surface area contributed by atoms with Crippen LogP contribution in [0.15, 0.2) is 0 Å². The number of hydrogen-bond acceptors (Lipinski definition) is 2. The van der Waals surface area contributed by atoms with E-state index in [2.05, 4.69) is 19.2 Å². The summed E-state index contributed by atoms with van der Waals surface area (Å²) < 4.78 is 0. The molecule has 0 aromatic heterocycles. The molecular formula is C15H31NO. The van der Waals surface area contributed by atoms with Crippen molar-refractivity contribution >= 4 is 0 Å². The predicted molar refractivity (Wildman–Crippen MR) is 74.2 cm³/mol. The first-order valence-electron chi connectivity index (χ1n) is 7.61. The maximum atomic E-state index is 9.81. The largest absolute Gasteiger partial charge is 0.392 e. The topological polar surface area (TPSA) is 32.3 Å². The van der Waals surface area contributed by atoms with Gasteiger partial charge in [0.25, 0.3) is 0 Å². The number of unbranched alkanes of at least 4 members (excludes halogenated alkanes) is 3. The average Bonchev–Trinajstić information content (AvgIpc) is 2.30. The van der Waals surface area contributed by atoms with E-state index in [4.69, 9.17) is 0 Å². The molecule has 0 heterocycles. The second kappa shape index (κ2) is 8.93. The highest BCUT2D eigenvalue weighted by atomic mass is 16.3. The van der Waals surface area contributed by atoms with Gasteiger partial charge in [-0.25, -0.2) is 0 Å². The van der Waals surface area contributed by atoms with E-state index in [0.717, 1.165) is 25.3 Å². The third-order valence-corrected chi connectivity index (χ3v) is 3.84. The van der Waals surface area contributed by atoms with Gasteiger partial charge in [-0.1, -0.05) is 52.4 Å². The first-order valence-corrected chi connectivity index (χ1v) is 7.61. The van der Waals surface area contributed by atoms with Gasteiger partial charge in [-0.3, -0.25) is 0 Å². The number of aliphatic hydroxyl groups excluding tert-OH is 1. The van der Waals surface area contributed by atoms with Crippen LogP contribution in [0.3, 0.4) is 0 Å². The molecule has 1 aliphatic carbocycles. The van der Waals surface area contributed by atoms with E-state index in [0.29, 0.717) is 6.04 Å². The monoisotopic (exact) mass is 241 g/mol. The van der Waals surface area contributed by atoms with Gasteiger partial charge in [-0.15, -0.1) is 0 Å². The molecule has 0 bridgehead atoms. The van der Waals surface area contributed by atoms with Crippen LogP contribution < -0.4 is 5.32 Å². The third kappa shape index (κ3) is 7.05. The van der Waals surface area contributed by atoms with Gasteiger partial charge in [0.1, 0.15) is 0 Å². The smallest absolute Gasteiger partial charge is 0.0693 e. The van der Waals surface area contributed by atoms with Crippen LogP contribution >= 0.6 is 0 Å². The lowest BCUT2D eigenvalue weighted by molar-refractivity contribution is 0.0909. The molecule has 2 nitrogen and oxygen atoms in total. The zero-order chi connectivity index (χ0) is 12.5. The van der Waals surface area contributed by atoms with Gasteiger partial charge in [0.15, 0.2) is 0 Å². The Morgan fingerprint density at radius 1 is 1.06 bits per heavy atom. The predicted octanol–water partition coefficient (Wildman–Crippen LogP) is 3.49. The molecule has 0 unspecified atom stereocenters. The molecule has 0 radical (unpaired) electrons. The molecule has 2 N–H and O–H groups in total. The normalized spacial score (nSPS) is 25.4. The molecule has 0 saturated heterocycles. The van der Waals surface area contributed by atoms with Crippen LogP contribution in [0.1, 0.15) is 71.6 Å². The summed E-state index contributed by atoms with van der Waals surface area (Å²) in [5.41, 5.74) is 0. The highest BCUT2D eigenvalue weighted by Crippen LogP contribution is 2.18. The molecule has 0 aromatic carbocycles. The number of nitrogens with one attached hydrogen (secondary N) is 1. The number of rotatable bonds is 8. The van der Waals surface area contributed by atoms with Gasteiger partial charge in [-0.05, 0) is 31.7 Å². The summed E-state index contributed by atoms with van der Waals surface area (Å²) in [5, 5.41) is 13.3. The molecule has 2 atom stereocenters. The van der Waals surface area contributed by atoms with Crippen molar-refractivity contribution < 1.29 is 5.11 Å². The van der Waals surface area contributed by atoms with Crippen LogP contribution in [0.2, 0.25) is 0 Å². The van der Waals surface area contributed by atoms with Gasteiger partial charge in [0.2, 0.25) is 0 Å². The van der Waals surface area contributed by atoms with Crippen LogP contribution in [0.25, 0.3) is 0 Å². The Hall–Kier alpha value is -0.0800. The Kier molecular flexibility index (Phi) is 7.87. The molecule has 1 aliphatic rings. The van der Waals surface area contributed by atoms with Crippen molar-refractivity contribution in [1.82, 2.24) is 5.32 Å². The highest BCUT2D eigenvalue weighted by Gasteiger charge is 2.21. The molecule has 1 rings (SSSR count). The van der Waals surface area contributed by atoms with E-state index in [1.807, 2.05) is 0 Å². The average molecular weight is 241 g/mol. The third-order valence-electron chi connectivity index (χ3n) is 3.84. The number of aliphatic hydroxyl groups is 1. The van der Waals surface area contributed by atoms with Crippen LogP contribution in [0.4, 0.5) is 0 Å². The lowest BCUT2D eigenvalue weighted by atomic mass is 9.92. The fourth-order valence-electron chi connectivity index (χ4n) is 2.67. The molecule has 0 spiro atoms. The Morgan fingerprint density at radius 3 is 2.47 bits per heavy atom. The second-order valence-corrected chi connectivity index (χ2v) is 6.01. The molecular weight excluding hydrogens is 210 g/mol. The van der Waals surface area contributed by atoms with E-state index in [1.54, 1.807) is 0 Å². The van der Waals surface area contributed by atoms with Crippen molar-refractivity contribution in [3.8, 4) is 0 Å². The minimum Gasteiger partial charge on any atom is -0.392 e. The lowest BCUT2D eigenvalue weighted by Gasteiger charge is -2.28. The van der Waals surface area contributed by atoms with E-state index in [-0.39, 0.29) is 6.10 Å². The molecule has 2 heteroatoms. The number of hydrogen-bond donors (Lipinski definition) is 2. The maximum absolute atomic E-state index is 9.81. The summed E-state index contributed by atoms with van der Waals surface area (Å²) in [6.45, 7) is 5.68. The molecule has 102 valence electrons. The highest BCUT2D eigenvalue weighted by molar-refractivity contribution is 4.79. The van der Waals surface area contributed by atoms with E-state index in [1.165, 1.54) is 44.9 Å². The lowest BCUT2D eigenvalue weighted by Crippen LogP contribution is -2.42. The van der Waals surface area contributed by atoms with Crippen LogP contribution in [0.5, 0.6) is 0 Å². The van der Waals surface area contributed by atoms with Crippen molar-refractivity contribution in [3.63, 3.8) is 0 Å². The second-order valence-electron chi connectivity index (χ2n) is 6.01. The molecule has 0 aliphatic heterocycles. The summed E-state index contributed by atoms with van der Waals surface area (Å²) in [7, 11) is 0. The van der Waals surface area contributed by atoms with E-state index >= 15 is 0 Å². The first kappa shape index (κ1) is 15.0. The van der Waals surface area contributed by atoms with E-state index < -0.39 is 0 Å². The fraction of sp³-hybridized carbons (Fsp3) is 1.00. The summed E-state index contributed by atoms with van der Waals surface area (Å²) >= 11 is 0. The zero-order valence-corrected chi connectivity index (χ0v) is 11.8. The Labute approximate surface area is 107 Å². The van der Waals surface area contributed by atoms with Crippen LogP contribution in [0, 0.1) is 5.92 Å². The minimum atomic E-state index is -0.0929. The molecule has 0 aromatic rings. The summed E-state index contributed by atoms with van der Waals surface area (Å²) in [4.78, 5) is 0. The van der Waals surface area contributed by atoms with Crippen molar-refractivity contribution in [2.45, 2.75) is 83.8 Å². The summed E-state index contributed by atoms with van der Waals surface area (Å²) in [6, 6.07) is 0.374. The quantitative estimate of drug-likeness (QED) is 0.638. The van der Waals surface area contributed by atoms with Gasteiger partial charge in [0.05, 0.1) is 6.10 Å². The van der Waals surface area contributed by atoms with Gasteiger partial charge in [-0.2, -0.15) is 0 Å². The van der Waals surface area contributed by atoms with Crippen LogP contribution in [-0.2, 0) is 0 Å². The van der Waals surface area contributed by atoms with Gasteiger partial charge < -0.3 is 10.4 Å². The molecule has 0 amide bonds. The summed E-state index contributed by atoms with van der Waals surface area (Å²) in [6.07, 6.45) is 11.3. The van der Waals surface area contributed by atoms with Crippen LogP contribution in [-0.4, -0.2) is 23.8 Å². The van der Waals surface area contributed by atoms with Gasteiger partial charge >= 0.3 is 0 Å². The minimum absolute atomic E-state index is 0.0929. The molecule has 1 saturated carbocycles. The first-order chi connectivity index (χ1) is 8.20. The molecule has 17 heavy (non-hydrogen) atoms. The van der Waals surface area contributed by atoms with Crippen molar-refractivity contribution in [1.29, 1.82) is 0 Å². The van der Waals surface area contributed by atoms with Gasteiger partial charge in [0, 0.05) is 6.04 Å². The maximum Gasteiger partial charge on any atom is 0.0693 e. The Morgan fingerprint density at radius 2 is 1.76 bits per heavy atom. The molecule has 1 fully saturated rings. The van der Waals surface area contributed by atoms with Crippen molar-refractivity contribution in [2.24, 2.45) is 5.92 Å². The van der Waals surface area contributed by atoms with Crippen molar-refractivity contribution in [3.05, 3.63) is 0 Å². The SMILES string of the molecule is CC(C)CCCCCCN[C@H]1CCCC[C@@H]1O. The van der Waals surface area contributed by atoms with Crippen molar-refractivity contribution in [2.75, 3.05) is 6.54 Å². The Balaban J connectivity index is 1.89. The fourth-order valence-corrected chi connectivity index (χ4v) is 2.67. The zero-order valence-electron chi connectivity index (χ0n) is 11.8. The standard InChI is InChI=1S/C15H31NO/c1-13(2)9-5-3-4-8-12-16-14-10-6-7-11-15(14)17/h13-17H,3-12H2,1-2H3/t14-,15-/m0/s1.